The van der Waals surface area contributed by atoms with Gasteiger partial charge in [0.1, 0.15) is 0 Å². The summed E-state index contributed by atoms with van der Waals surface area (Å²) < 4.78 is 6.21. The van der Waals surface area contributed by atoms with E-state index >= 15 is 0 Å². The van der Waals surface area contributed by atoms with Gasteiger partial charge in [-0.3, -0.25) is 9.88 Å². The van der Waals surface area contributed by atoms with Crippen molar-refractivity contribution in [2.24, 2.45) is 5.73 Å². The molecule has 0 aliphatic carbocycles. The van der Waals surface area contributed by atoms with Crippen LogP contribution in [0.4, 0.5) is 0 Å². The van der Waals surface area contributed by atoms with Gasteiger partial charge in [-0.1, -0.05) is 6.92 Å². The fourth-order valence-corrected chi connectivity index (χ4v) is 2.63. The van der Waals surface area contributed by atoms with Crippen LogP contribution < -0.4 is 5.73 Å². The standard InChI is InChI=1S/C13H22BrN3O/c1-4-17(10(2)9-18-3)13(6-15)11-5-12(14)8-16-7-11/h5,7-8,10,13H,4,6,9,15H2,1-3H3. The Hall–Kier alpha value is -0.490. The topological polar surface area (TPSA) is 51.4 Å². The molecular formula is C13H22BrN3O. The van der Waals surface area contributed by atoms with Crippen molar-refractivity contribution in [3.05, 3.63) is 28.5 Å². The van der Waals surface area contributed by atoms with Crippen LogP contribution in [0.5, 0.6) is 0 Å². The predicted molar refractivity (Wildman–Crippen MR) is 77.5 cm³/mol. The Morgan fingerprint density at radius 2 is 2.22 bits per heavy atom. The van der Waals surface area contributed by atoms with Gasteiger partial charge in [0.25, 0.3) is 0 Å². The number of hydrogen-bond donors (Lipinski definition) is 1. The molecule has 0 saturated carbocycles. The second-order valence-electron chi connectivity index (χ2n) is 4.32. The second kappa shape index (κ2) is 7.84. The highest BCUT2D eigenvalue weighted by atomic mass is 79.9. The summed E-state index contributed by atoms with van der Waals surface area (Å²) in [7, 11) is 1.72. The van der Waals surface area contributed by atoms with E-state index in [0.29, 0.717) is 19.2 Å². The summed E-state index contributed by atoms with van der Waals surface area (Å²) in [6.07, 6.45) is 3.66. The highest BCUT2D eigenvalue weighted by molar-refractivity contribution is 9.10. The fraction of sp³-hybridized carbons (Fsp3) is 0.615. The van der Waals surface area contributed by atoms with Crippen LogP contribution in [0.25, 0.3) is 0 Å². The fourth-order valence-electron chi connectivity index (χ4n) is 2.25. The number of likely N-dealkylation sites (N-methyl/N-ethyl adjacent to an activating group) is 1. The normalized spacial score (nSPS) is 14.8. The molecule has 0 aliphatic heterocycles. The summed E-state index contributed by atoms with van der Waals surface area (Å²) in [5, 5.41) is 0. The van der Waals surface area contributed by atoms with E-state index < -0.39 is 0 Å². The Kier molecular flexibility index (Phi) is 6.78. The van der Waals surface area contributed by atoms with Crippen LogP contribution in [0.3, 0.4) is 0 Å². The molecule has 1 rings (SSSR count). The molecule has 4 nitrogen and oxygen atoms in total. The molecule has 18 heavy (non-hydrogen) atoms. The minimum Gasteiger partial charge on any atom is -0.383 e. The lowest BCUT2D eigenvalue weighted by atomic mass is 10.1. The van der Waals surface area contributed by atoms with Gasteiger partial charge in [-0.2, -0.15) is 0 Å². The Morgan fingerprint density at radius 3 is 2.72 bits per heavy atom. The summed E-state index contributed by atoms with van der Waals surface area (Å²) in [6.45, 7) is 6.49. The molecule has 102 valence electrons. The number of pyridine rings is 1. The molecule has 2 N–H and O–H groups in total. The zero-order valence-electron chi connectivity index (χ0n) is 11.3. The number of methoxy groups -OCH3 is 1. The Balaban J connectivity index is 2.92. The largest absolute Gasteiger partial charge is 0.383 e. The first-order chi connectivity index (χ1) is 8.63. The summed E-state index contributed by atoms with van der Waals surface area (Å²) in [5.41, 5.74) is 7.08. The van der Waals surface area contributed by atoms with Crippen LogP contribution in [-0.2, 0) is 4.74 Å². The first-order valence-electron chi connectivity index (χ1n) is 6.19. The Bertz CT molecular complexity index is 362. The molecule has 1 aromatic rings. The number of nitrogens with zero attached hydrogens (tertiary/aromatic N) is 2. The Morgan fingerprint density at radius 1 is 1.50 bits per heavy atom. The summed E-state index contributed by atoms with van der Waals surface area (Å²) in [6, 6.07) is 2.57. The van der Waals surface area contributed by atoms with Crippen LogP contribution in [0, 0.1) is 0 Å². The van der Waals surface area contributed by atoms with Gasteiger partial charge in [0.15, 0.2) is 0 Å². The Labute approximate surface area is 118 Å². The van der Waals surface area contributed by atoms with Crippen LogP contribution in [-0.4, -0.2) is 42.7 Å². The van der Waals surface area contributed by atoms with Crippen LogP contribution >= 0.6 is 15.9 Å². The first kappa shape index (κ1) is 15.6. The first-order valence-corrected chi connectivity index (χ1v) is 6.98. The lowest BCUT2D eigenvalue weighted by molar-refractivity contribution is 0.0750. The van der Waals surface area contributed by atoms with Crippen LogP contribution in [0.15, 0.2) is 22.9 Å². The minimum absolute atomic E-state index is 0.171. The van der Waals surface area contributed by atoms with Crippen LogP contribution in [0.2, 0.25) is 0 Å². The van der Waals surface area contributed by atoms with E-state index in [1.54, 1.807) is 13.3 Å². The van der Waals surface area contributed by atoms with E-state index in [2.05, 4.69) is 45.7 Å². The van der Waals surface area contributed by atoms with E-state index in [1.807, 2.05) is 6.20 Å². The van der Waals surface area contributed by atoms with Crippen molar-refractivity contribution in [1.82, 2.24) is 9.88 Å². The SMILES string of the molecule is CCN(C(C)COC)C(CN)c1cncc(Br)c1. The summed E-state index contributed by atoms with van der Waals surface area (Å²) in [5.74, 6) is 0. The van der Waals surface area contributed by atoms with Crippen molar-refractivity contribution in [1.29, 1.82) is 0 Å². The molecule has 0 amide bonds. The molecule has 5 heteroatoms. The smallest absolute Gasteiger partial charge is 0.0615 e. The van der Waals surface area contributed by atoms with E-state index in [0.717, 1.165) is 16.6 Å². The molecule has 0 aromatic carbocycles. The number of nitrogens with two attached hydrogens (primary N) is 1. The van der Waals surface area contributed by atoms with E-state index in [-0.39, 0.29) is 6.04 Å². The quantitative estimate of drug-likeness (QED) is 0.838. The number of halogens is 1. The van der Waals surface area contributed by atoms with Crippen molar-refractivity contribution in [3.63, 3.8) is 0 Å². The lowest BCUT2D eigenvalue weighted by Crippen LogP contribution is -2.42. The van der Waals surface area contributed by atoms with E-state index in [4.69, 9.17) is 10.5 Å². The third kappa shape index (κ3) is 4.02. The third-order valence-electron chi connectivity index (χ3n) is 3.07. The van der Waals surface area contributed by atoms with Crippen LogP contribution in [0.1, 0.15) is 25.5 Å². The highest BCUT2D eigenvalue weighted by Gasteiger charge is 2.22. The van der Waals surface area contributed by atoms with Crippen molar-refractivity contribution in [2.45, 2.75) is 25.9 Å². The molecule has 0 bridgehead atoms. The van der Waals surface area contributed by atoms with Gasteiger partial charge in [-0.05, 0) is 41.0 Å². The molecule has 2 unspecified atom stereocenters. The summed E-state index contributed by atoms with van der Waals surface area (Å²) >= 11 is 3.45. The third-order valence-corrected chi connectivity index (χ3v) is 3.51. The van der Waals surface area contributed by atoms with Crippen molar-refractivity contribution in [2.75, 3.05) is 26.8 Å². The van der Waals surface area contributed by atoms with E-state index in [1.165, 1.54) is 0 Å². The molecule has 2 atom stereocenters. The van der Waals surface area contributed by atoms with Gasteiger partial charge in [0.05, 0.1) is 6.61 Å². The van der Waals surface area contributed by atoms with Gasteiger partial charge in [0, 0.05) is 42.6 Å². The number of hydrogen-bond acceptors (Lipinski definition) is 4. The average Bonchev–Trinajstić information content (AvgIpc) is 2.35. The van der Waals surface area contributed by atoms with Gasteiger partial charge in [-0.25, -0.2) is 0 Å². The molecule has 0 aliphatic rings. The molecule has 1 heterocycles. The maximum atomic E-state index is 5.94. The summed E-state index contributed by atoms with van der Waals surface area (Å²) in [4.78, 5) is 6.55. The van der Waals surface area contributed by atoms with Gasteiger partial charge >= 0.3 is 0 Å². The number of aromatic nitrogens is 1. The van der Waals surface area contributed by atoms with Crippen molar-refractivity contribution in [3.8, 4) is 0 Å². The van der Waals surface area contributed by atoms with Gasteiger partial charge < -0.3 is 10.5 Å². The molecule has 1 aromatic heterocycles. The zero-order chi connectivity index (χ0) is 13.5. The van der Waals surface area contributed by atoms with E-state index in [9.17, 15) is 0 Å². The predicted octanol–water partition coefficient (Wildman–Crippen LogP) is 2.20. The number of ether oxygens (including phenoxy) is 1. The zero-order valence-corrected chi connectivity index (χ0v) is 12.9. The molecule has 0 spiro atoms. The highest BCUT2D eigenvalue weighted by Crippen LogP contribution is 2.23. The lowest BCUT2D eigenvalue weighted by Gasteiger charge is -2.35. The maximum absolute atomic E-state index is 5.94. The second-order valence-corrected chi connectivity index (χ2v) is 5.24. The number of rotatable bonds is 7. The van der Waals surface area contributed by atoms with Gasteiger partial charge in [-0.15, -0.1) is 0 Å². The minimum atomic E-state index is 0.171. The average molecular weight is 316 g/mol. The molecule has 0 fully saturated rings. The monoisotopic (exact) mass is 315 g/mol. The van der Waals surface area contributed by atoms with Crippen molar-refractivity contribution >= 4 is 15.9 Å². The molecule has 0 saturated heterocycles. The molecular weight excluding hydrogens is 294 g/mol. The van der Waals surface area contributed by atoms with Crippen molar-refractivity contribution < 1.29 is 4.74 Å². The maximum Gasteiger partial charge on any atom is 0.0615 e. The molecule has 0 radical (unpaired) electrons. The van der Waals surface area contributed by atoms with Gasteiger partial charge in [0.2, 0.25) is 0 Å².